The molecule has 0 unspecified atom stereocenters. The lowest BCUT2D eigenvalue weighted by molar-refractivity contribution is -0.120. The van der Waals surface area contributed by atoms with Gasteiger partial charge in [-0.25, -0.2) is 4.68 Å². The Hall–Kier alpha value is -3.88. The molecule has 3 aromatic heterocycles. The van der Waals surface area contributed by atoms with Crippen LogP contribution in [0.1, 0.15) is 11.6 Å². The maximum absolute atomic E-state index is 12.4. The Morgan fingerprint density at radius 2 is 2.00 bits per heavy atom. The van der Waals surface area contributed by atoms with Gasteiger partial charge in [0.25, 0.3) is 5.56 Å². The van der Waals surface area contributed by atoms with Crippen LogP contribution in [0.4, 0.5) is 0 Å². The molecule has 140 valence electrons. The van der Waals surface area contributed by atoms with Gasteiger partial charge in [0.2, 0.25) is 17.6 Å². The van der Waals surface area contributed by atoms with Gasteiger partial charge in [-0.05, 0) is 18.2 Å². The quantitative estimate of drug-likeness (QED) is 0.557. The van der Waals surface area contributed by atoms with Crippen LogP contribution in [-0.4, -0.2) is 30.8 Å². The first-order valence-corrected chi connectivity index (χ1v) is 8.56. The minimum atomic E-state index is -0.266. The number of pyridine rings is 1. The molecular formula is C19H16N6O3. The van der Waals surface area contributed by atoms with Crippen molar-refractivity contribution in [1.29, 1.82) is 0 Å². The first-order valence-electron chi connectivity index (χ1n) is 8.56. The van der Waals surface area contributed by atoms with Gasteiger partial charge in [0, 0.05) is 30.4 Å². The van der Waals surface area contributed by atoms with Crippen LogP contribution in [0.2, 0.25) is 0 Å². The summed E-state index contributed by atoms with van der Waals surface area (Å²) in [6.45, 7) is 0.0930. The lowest BCUT2D eigenvalue weighted by Crippen LogP contribution is -2.27. The summed E-state index contributed by atoms with van der Waals surface area (Å²) in [5.74, 6) is 0.422. The van der Waals surface area contributed by atoms with E-state index >= 15 is 0 Å². The van der Waals surface area contributed by atoms with E-state index in [9.17, 15) is 9.59 Å². The molecule has 0 fully saturated rings. The molecule has 9 heteroatoms. The van der Waals surface area contributed by atoms with Crippen molar-refractivity contribution < 1.29 is 9.32 Å². The number of hydrogen-bond donors (Lipinski definition) is 1. The third-order valence-corrected chi connectivity index (χ3v) is 4.19. The van der Waals surface area contributed by atoms with Gasteiger partial charge in [0.15, 0.2) is 0 Å². The summed E-state index contributed by atoms with van der Waals surface area (Å²) >= 11 is 0. The number of benzene rings is 1. The summed E-state index contributed by atoms with van der Waals surface area (Å²) in [6.07, 6.45) is 3.31. The molecule has 0 spiro atoms. The van der Waals surface area contributed by atoms with Crippen LogP contribution in [0.15, 0.2) is 58.1 Å². The number of aromatic nitrogens is 5. The molecule has 0 aliphatic heterocycles. The van der Waals surface area contributed by atoms with Gasteiger partial charge < -0.3 is 9.84 Å². The Morgan fingerprint density at radius 1 is 1.18 bits per heavy atom. The Balaban J connectivity index is 1.46. The summed E-state index contributed by atoms with van der Waals surface area (Å²) < 4.78 is 6.40. The molecule has 0 aliphatic carbocycles. The van der Waals surface area contributed by atoms with E-state index in [2.05, 4.69) is 25.5 Å². The van der Waals surface area contributed by atoms with E-state index in [0.717, 1.165) is 5.56 Å². The van der Waals surface area contributed by atoms with Gasteiger partial charge >= 0.3 is 0 Å². The second kappa shape index (κ2) is 7.39. The summed E-state index contributed by atoms with van der Waals surface area (Å²) in [4.78, 5) is 32.8. The van der Waals surface area contributed by atoms with Crippen LogP contribution in [0.25, 0.3) is 22.2 Å². The van der Waals surface area contributed by atoms with E-state index in [0.29, 0.717) is 22.3 Å². The number of fused-ring (bicyclic) bond motifs is 1. The molecule has 1 amide bonds. The van der Waals surface area contributed by atoms with Crippen molar-refractivity contribution in [2.24, 2.45) is 7.05 Å². The Kier molecular flexibility index (Phi) is 4.63. The highest BCUT2D eigenvalue weighted by molar-refractivity contribution is 5.88. The third-order valence-electron chi connectivity index (χ3n) is 4.19. The van der Waals surface area contributed by atoms with Crippen molar-refractivity contribution >= 4 is 16.7 Å². The predicted molar refractivity (Wildman–Crippen MR) is 100 cm³/mol. The fraction of sp³-hybridized carbons (Fsp3) is 0.158. The fourth-order valence-electron chi connectivity index (χ4n) is 2.83. The zero-order chi connectivity index (χ0) is 19.5. The van der Waals surface area contributed by atoms with Crippen molar-refractivity contribution in [3.8, 4) is 11.4 Å². The van der Waals surface area contributed by atoms with Gasteiger partial charge in [-0.15, -0.1) is 0 Å². The van der Waals surface area contributed by atoms with Gasteiger partial charge in [0.05, 0.1) is 24.0 Å². The van der Waals surface area contributed by atoms with Crippen LogP contribution in [-0.2, 0) is 24.8 Å². The van der Waals surface area contributed by atoms with E-state index in [1.165, 1.54) is 4.68 Å². The van der Waals surface area contributed by atoms with Gasteiger partial charge in [-0.1, -0.05) is 23.4 Å². The summed E-state index contributed by atoms with van der Waals surface area (Å²) in [5.41, 5.74) is 1.05. The highest BCUT2D eigenvalue weighted by Gasteiger charge is 2.14. The van der Waals surface area contributed by atoms with Crippen LogP contribution in [0, 0.1) is 0 Å². The zero-order valence-corrected chi connectivity index (χ0v) is 15.0. The van der Waals surface area contributed by atoms with E-state index in [1.54, 1.807) is 43.7 Å². The number of amides is 1. The topological polar surface area (TPSA) is 116 Å². The lowest BCUT2D eigenvalue weighted by atomic mass is 10.1. The van der Waals surface area contributed by atoms with Crippen LogP contribution in [0.5, 0.6) is 0 Å². The molecule has 0 atom stereocenters. The second-order valence-electron chi connectivity index (χ2n) is 6.13. The van der Waals surface area contributed by atoms with Gasteiger partial charge in [-0.3, -0.25) is 14.6 Å². The summed E-state index contributed by atoms with van der Waals surface area (Å²) in [5, 5.41) is 12.0. The number of carbonyl (C=O) groups is 1. The molecule has 9 nitrogen and oxygen atoms in total. The van der Waals surface area contributed by atoms with E-state index in [4.69, 9.17) is 4.52 Å². The van der Waals surface area contributed by atoms with E-state index in [-0.39, 0.29) is 30.3 Å². The molecule has 0 aliphatic rings. The summed E-state index contributed by atoms with van der Waals surface area (Å²) in [6, 6.07) is 10.7. The average Bonchev–Trinajstić information content (AvgIpc) is 3.20. The molecule has 1 N–H and O–H groups in total. The van der Waals surface area contributed by atoms with Crippen LogP contribution >= 0.6 is 0 Å². The molecule has 0 saturated heterocycles. The average molecular weight is 376 g/mol. The molecule has 0 radical (unpaired) electrons. The first-order chi connectivity index (χ1) is 13.6. The molecule has 1 aromatic carbocycles. The number of carbonyl (C=O) groups excluding carboxylic acids is 1. The standard InChI is InChI=1S/C19H16N6O3/c1-25-19(27)14-7-3-2-6-13(14)15(23-25)9-16(26)21-11-17-22-18(24-28-17)12-5-4-8-20-10-12/h2-8,10H,9,11H2,1H3,(H,21,26). The highest BCUT2D eigenvalue weighted by atomic mass is 16.5. The highest BCUT2D eigenvalue weighted by Crippen LogP contribution is 2.15. The fourth-order valence-corrected chi connectivity index (χ4v) is 2.83. The Bertz CT molecular complexity index is 1200. The largest absolute Gasteiger partial charge is 0.347 e. The first kappa shape index (κ1) is 17.5. The number of rotatable bonds is 5. The molecule has 4 rings (SSSR count). The van der Waals surface area contributed by atoms with Crippen molar-refractivity contribution in [3.05, 3.63) is 70.7 Å². The minimum Gasteiger partial charge on any atom is -0.347 e. The SMILES string of the molecule is Cn1nc(CC(=O)NCc2nc(-c3cccnc3)no2)c2ccccc2c1=O. The number of hydrogen-bond acceptors (Lipinski definition) is 7. The van der Waals surface area contributed by atoms with E-state index in [1.807, 2.05) is 12.1 Å². The molecule has 0 saturated carbocycles. The summed E-state index contributed by atoms with van der Waals surface area (Å²) in [7, 11) is 1.56. The monoisotopic (exact) mass is 376 g/mol. The Morgan fingerprint density at radius 3 is 2.79 bits per heavy atom. The smallest absolute Gasteiger partial charge is 0.274 e. The number of nitrogens with one attached hydrogen (secondary N) is 1. The second-order valence-corrected chi connectivity index (χ2v) is 6.13. The van der Waals surface area contributed by atoms with Crippen LogP contribution in [0.3, 0.4) is 0 Å². The number of aryl methyl sites for hydroxylation is 1. The predicted octanol–water partition coefficient (Wildman–Crippen LogP) is 1.24. The third kappa shape index (κ3) is 3.50. The molecular weight excluding hydrogens is 360 g/mol. The molecule has 4 aromatic rings. The van der Waals surface area contributed by atoms with Crippen molar-refractivity contribution in [1.82, 2.24) is 30.2 Å². The van der Waals surface area contributed by atoms with Crippen molar-refractivity contribution in [2.45, 2.75) is 13.0 Å². The normalized spacial score (nSPS) is 10.9. The van der Waals surface area contributed by atoms with E-state index < -0.39 is 0 Å². The molecule has 0 bridgehead atoms. The zero-order valence-electron chi connectivity index (χ0n) is 15.0. The van der Waals surface area contributed by atoms with Crippen molar-refractivity contribution in [2.75, 3.05) is 0 Å². The minimum absolute atomic E-state index is 0.0260. The number of nitrogens with zero attached hydrogens (tertiary/aromatic N) is 5. The molecule has 28 heavy (non-hydrogen) atoms. The Labute approximate surface area is 159 Å². The van der Waals surface area contributed by atoms with Crippen LogP contribution < -0.4 is 10.9 Å². The lowest BCUT2D eigenvalue weighted by Gasteiger charge is -2.08. The van der Waals surface area contributed by atoms with Gasteiger partial charge in [0.1, 0.15) is 0 Å². The maximum Gasteiger partial charge on any atom is 0.274 e. The molecule has 3 heterocycles. The van der Waals surface area contributed by atoms with Gasteiger partial charge in [-0.2, -0.15) is 10.1 Å². The maximum atomic E-state index is 12.4. The van der Waals surface area contributed by atoms with Crippen molar-refractivity contribution in [3.63, 3.8) is 0 Å².